The van der Waals surface area contributed by atoms with Gasteiger partial charge in [0.25, 0.3) is 0 Å². The largest absolute Gasteiger partial charge is 0.416 e. The van der Waals surface area contributed by atoms with Crippen molar-refractivity contribution in [2.24, 2.45) is 12.0 Å². The van der Waals surface area contributed by atoms with Crippen LogP contribution in [0.15, 0.2) is 41.7 Å². The predicted molar refractivity (Wildman–Crippen MR) is 107 cm³/mol. The molecule has 7 nitrogen and oxygen atoms in total. The highest BCUT2D eigenvalue weighted by molar-refractivity contribution is 5.98. The molecule has 3 rings (SSSR count). The second-order valence-electron chi connectivity index (χ2n) is 6.62. The van der Waals surface area contributed by atoms with Crippen molar-refractivity contribution >= 4 is 17.6 Å². The molecule has 2 aromatic rings. The second kappa shape index (κ2) is 8.90. The van der Waals surface area contributed by atoms with Crippen LogP contribution < -0.4 is 10.2 Å². The fraction of sp³-hybridized carbons (Fsp3) is 0.350. The molecule has 0 bridgehead atoms. The first-order valence-corrected chi connectivity index (χ1v) is 9.18. The number of hydrogen-bond donors (Lipinski definition) is 1. The van der Waals surface area contributed by atoms with Crippen LogP contribution >= 0.6 is 0 Å². The van der Waals surface area contributed by atoms with E-state index in [0.717, 1.165) is 17.8 Å². The molecule has 1 aliphatic rings. The summed E-state index contributed by atoms with van der Waals surface area (Å²) in [5, 5.41) is 7.11. The summed E-state index contributed by atoms with van der Waals surface area (Å²) in [6.45, 7) is 1.39. The highest BCUT2D eigenvalue weighted by atomic mass is 19.4. The van der Waals surface area contributed by atoms with Crippen LogP contribution in [0.5, 0.6) is 0 Å². The van der Waals surface area contributed by atoms with E-state index in [4.69, 9.17) is 0 Å². The van der Waals surface area contributed by atoms with Gasteiger partial charge in [0.2, 0.25) is 5.91 Å². The first-order valence-electron chi connectivity index (χ1n) is 9.18. The summed E-state index contributed by atoms with van der Waals surface area (Å²) in [7, 11) is 3.39. The Bertz CT molecular complexity index is 1000. The number of halogens is 3. The maximum Gasteiger partial charge on any atom is 0.416 e. The van der Waals surface area contributed by atoms with Gasteiger partial charge in [-0.05, 0) is 18.2 Å². The van der Waals surface area contributed by atoms with Gasteiger partial charge in [-0.3, -0.25) is 14.5 Å². The van der Waals surface area contributed by atoms with Crippen LogP contribution in [-0.4, -0.2) is 59.8 Å². The Labute approximate surface area is 172 Å². The molecule has 0 aliphatic carbocycles. The smallest absolute Gasteiger partial charge is 0.345 e. The van der Waals surface area contributed by atoms with Crippen molar-refractivity contribution in [1.29, 1.82) is 0 Å². The number of hydrogen-bond acceptors (Lipinski definition) is 3. The SMILES string of the molecule is CN=C(NCC#Cc1cccc(C(F)(F)F)c1)N1CCN(c2cnn(C)c2)C(=O)C1. The van der Waals surface area contributed by atoms with Crippen molar-refractivity contribution in [2.75, 3.05) is 38.1 Å². The van der Waals surface area contributed by atoms with Gasteiger partial charge in [0.05, 0.1) is 24.0 Å². The molecule has 1 aromatic carbocycles. The topological polar surface area (TPSA) is 65.8 Å². The van der Waals surface area contributed by atoms with Crippen LogP contribution in [0.1, 0.15) is 11.1 Å². The lowest BCUT2D eigenvalue weighted by Gasteiger charge is -2.35. The second-order valence-corrected chi connectivity index (χ2v) is 6.62. The molecular weight excluding hydrogens is 397 g/mol. The van der Waals surface area contributed by atoms with Gasteiger partial charge in [-0.2, -0.15) is 18.3 Å². The van der Waals surface area contributed by atoms with Crippen molar-refractivity contribution in [1.82, 2.24) is 20.0 Å². The zero-order valence-corrected chi connectivity index (χ0v) is 16.6. The molecular formula is C20H21F3N6O. The number of aryl methyl sites for hydroxylation is 1. The average molecular weight is 418 g/mol. The van der Waals surface area contributed by atoms with Gasteiger partial charge in [0.1, 0.15) is 6.54 Å². The van der Waals surface area contributed by atoms with Gasteiger partial charge < -0.3 is 15.1 Å². The summed E-state index contributed by atoms with van der Waals surface area (Å²) in [5.41, 5.74) is 0.294. The quantitative estimate of drug-likeness (QED) is 0.458. The minimum absolute atomic E-state index is 0.0766. The molecule has 1 aromatic heterocycles. The Kier molecular flexibility index (Phi) is 6.30. The van der Waals surface area contributed by atoms with Crippen LogP contribution in [0.2, 0.25) is 0 Å². The number of amides is 1. The lowest BCUT2D eigenvalue weighted by molar-refractivity contribution is -0.137. The van der Waals surface area contributed by atoms with Crippen LogP contribution in [0.25, 0.3) is 0 Å². The van der Waals surface area contributed by atoms with E-state index in [1.54, 1.807) is 41.0 Å². The lowest BCUT2D eigenvalue weighted by Crippen LogP contribution is -2.55. The molecule has 0 radical (unpaired) electrons. The fourth-order valence-electron chi connectivity index (χ4n) is 3.05. The predicted octanol–water partition coefficient (Wildman–Crippen LogP) is 1.71. The summed E-state index contributed by atoms with van der Waals surface area (Å²) in [6.07, 6.45) is -0.976. The summed E-state index contributed by atoms with van der Waals surface area (Å²) in [4.78, 5) is 20.2. The molecule has 1 aliphatic heterocycles. The van der Waals surface area contributed by atoms with Crippen LogP contribution in [0.3, 0.4) is 0 Å². The number of carbonyl (C=O) groups excluding carboxylic acids is 1. The van der Waals surface area contributed by atoms with E-state index in [0.29, 0.717) is 19.0 Å². The Morgan fingerprint density at radius 3 is 2.77 bits per heavy atom. The number of benzene rings is 1. The molecule has 10 heteroatoms. The highest BCUT2D eigenvalue weighted by Crippen LogP contribution is 2.29. The van der Waals surface area contributed by atoms with Crippen LogP contribution in [0.4, 0.5) is 18.9 Å². The highest BCUT2D eigenvalue weighted by Gasteiger charge is 2.30. The number of anilines is 1. The average Bonchev–Trinajstić information content (AvgIpc) is 3.13. The van der Waals surface area contributed by atoms with E-state index in [9.17, 15) is 18.0 Å². The summed E-state index contributed by atoms with van der Waals surface area (Å²) < 4.78 is 39.9. The third kappa shape index (κ3) is 5.11. The molecule has 0 atom stereocenters. The summed E-state index contributed by atoms with van der Waals surface area (Å²) in [5.74, 6) is 5.93. The standard InChI is InChI=1S/C20H21F3N6O/c1-24-19(25-8-4-6-15-5-3-7-16(11-15)20(21,22)23)28-9-10-29(18(30)14-28)17-12-26-27(2)13-17/h3,5,7,11-13H,8-10,14H2,1-2H3,(H,24,25). The number of nitrogens with zero attached hydrogens (tertiary/aromatic N) is 5. The number of rotatable bonds is 2. The molecule has 1 amide bonds. The minimum atomic E-state index is -4.40. The van der Waals surface area contributed by atoms with Crippen molar-refractivity contribution < 1.29 is 18.0 Å². The first kappa shape index (κ1) is 21.2. The minimum Gasteiger partial charge on any atom is -0.345 e. The van der Waals surface area contributed by atoms with Gasteiger partial charge >= 0.3 is 6.18 Å². The third-order valence-corrected chi connectivity index (χ3v) is 4.49. The monoisotopic (exact) mass is 418 g/mol. The number of aliphatic imine (C=N–C) groups is 1. The van der Waals surface area contributed by atoms with Crippen molar-refractivity contribution in [3.8, 4) is 11.8 Å². The zero-order valence-electron chi connectivity index (χ0n) is 16.6. The van der Waals surface area contributed by atoms with E-state index >= 15 is 0 Å². The fourth-order valence-corrected chi connectivity index (χ4v) is 3.05. The maximum absolute atomic E-state index is 12.8. The summed E-state index contributed by atoms with van der Waals surface area (Å²) >= 11 is 0. The van der Waals surface area contributed by atoms with Crippen molar-refractivity contribution in [3.05, 3.63) is 47.8 Å². The molecule has 2 heterocycles. The molecule has 0 spiro atoms. The Balaban J connectivity index is 1.56. The Morgan fingerprint density at radius 2 is 2.13 bits per heavy atom. The van der Waals surface area contributed by atoms with Crippen LogP contribution in [0, 0.1) is 11.8 Å². The number of guanidine groups is 1. The van der Waals surface area contributed by atoms with Crippen molar-refractivity contribution in [3.63, 3.8) is 0 Å². The molecule has 1 saturated heterocycles. The van der Waals surface area contributed by atoms with E-state index in [-0.39, 0.29) is 24.6 Å². The van der Waals surface area contributed by atoms with Gasteiger partial charge in [-0.25, -0.2) is 0 Å². The molecule has 30 heavy (non-hydrogen) atoms. The van der Waals surface area contributed by atoms with Gasteiger partial charge in [0, 0.05) is 38.9 Å². The first-order chi connectivity index (χ1) is 14.3. The molecule has 1 N–H and O–H groups in total. The molecule has 0 unspecified atom stereocenters. The third-order valence-electron chi connectivity index (χ3n) is 4.49. The zero-order chi connectivity index (χ0) is 21.7. The number of alkyl halides is 3. The van der Waals surface area contributed by atoms with Crippen LogP contribution in [-0.2, 0) is 18.0 Å². The number of carbonyl (C=O) groups is 1. The molecule has 0 saturated carbocycles. The normalized spacial score (nSPS) is 15.1. The van der Waals surface area contributed by atoms with Gasteiger partial charge in [-0.1, -0.05) is 17.9 Å². The Morgan fingerprint density at radius 1 is 1.33 bits per heavy atom. The van der Waals surface area contributed by atoms with E-state index in [1.165, 1.54) is 12.1 Å². The Hall–Kier alpha value is -3.48. The summed E-state index contributed by atoms with van der Waals surface area (Å²) in [6, 6.07) is 4.87. The number of piperazine rings is 1. The maximum atomic E-state index is 12.8. The number of nitrogens with one attached hydrogen (secondary N) is 1. The molecule has 158 valence electrons. The molecule has 1 fully saturated rings. The van der Waals surface area contributed by atoms with Gasteiger partial charge in [0.15, 0.2) is 5.96 Å². The van der Waals surface area contributed by atoms with Crippen molar-refractivity contribution in [2.45, 2.75) is 6.18 Å². The van der Waals surface area contributed by atoms with E-state index in [1.807, 2.05) is 0 Å². The number of aromatic nitrogens is 2. The van der Waals surface area contributed by atoms with E-state index < -0.39 is 11.7 Å². The van der Waals surface area contributed by atoms with E-state index in [2.05, 4.69) is 27.2 Å². The lowest BCUT2D eigenvalue weighted by atomic mass is 10.1. The van der Waals surface area contributed by atoms with Gasteiger partial charge in [-0.15, -0.1) is 0 Å².